The van der Waals surface area contributed by atoms with E-state index in [0.29, 0.717) is 11.3 Å². The highest BCUT2D eigenvalue weighted by Gasteiger charge is 2.25. The molecule has 0 heterocycles. The summed E-state index contributed by atoms with van der Waals surface area (Å²) in [5.74, 6) is -0.378. The minimum Gasteiger partial charge on any atom is -0.496 e. The zero-order valence-corrected chi connectivity index (χ0v) is 12.6. The fourth-order valence-corrected chi connectivity index (χ4v) is 1.75. The van der Waals surface area contributed by atoms with E-state index in [1.54, 1.807) is 13.0 Å². The topological polar surface area (TPSA) is 80.3 Å². The van der Waals surface area contributed by atoms with Crippen LogP contribution < -0.4 is 14.2 Å². The van der Waals surface area contributed by atoms with E-state index in [0.717, 1.165) is 0 Å². The molecule has 116 valence electrons. The summed E-state index contributed by atoms with van der Waals surface area (Å²) in [6, 6.07) is 1.55. The summed E-state index contributed by atoms with van der Waals surface area (Å²) < 4.78 is 25.0. The Kier molecular flexibility index (Phi) is 5.83. The van der Waals surface area contributed by atoms with E-state index in [4.69, 9.17) is 18.9 Å². The van der Waals surface area contributed by atoms with Crippen molar-refractivity contribution in [2.75, 3.05) is 35.0 Å². The Bertz CT molecular complexity index is 537. The summed E-state index contributed by atoms with van der Waals surface area (Å²) in [4.78, 5) is 23.2. The van der Waals surface area contributed by atoms with Crippen molar-refractivity contribution in [2.45, 2.75) is 6.92 Å². The van der Waals surface area contributed by atoms with Crippen molar-refractivity contribution < 1.29 is 33.3 Å². The van der Waals surface area contributed by atoms with E-state index >= 15 is 0 Å². The molecule has 21 heavy (non-hydrogen) atoms. The van der Waals surface area contributed by atoms with Gasteiger partial charge in [-0.2, -0.15) is 0 Å². The fraction of sp³-hybridized carbons (Fsp3) is 0.429. The van der Waals surface area contributed by atoms with E-state index in [1.165, 1.54) is 28.4 Å². The predicted molar refractivity (Wildman–Crippen MR) is 73.1 cm³/mol. The van der Waals surface area contributed by atoms with Gasteiger partial charge in [-0.3, -0.25) is 0 Å². The number of hydrogen-bond acceptors (Lipinski definition) is 7. The molecule has 0 saturated carbocycles. The Hall–Kier alpha value is -2.44. The Morgan fingerprint density at radius 3 is 2.10 bits per heavy atom. The molecule has 0 aliphatic heterocycles. The van der Waals surface area contributed by atoms with Crippen LogP contribution in [0, 0.1) is 6.92 Å². The molecule has 0 atom stereocenters. The van der Waals surface area contributed by atoms with E-state index in [-0.39, 0.29) is 23.7 Å². The second-order valence-electron chi connectivity index (χ2n) is 3.97. The second kappa shape index (κ2) is 7.37. The maximum Gasteiger partial charge on any atom is 0.345 e. The smallest absolute Gasteiger partial charge is 0.345 e. The van der Waals surface area contributed by atoms with Gasteiger partial charge in [-0.1, -0.05) is 0 Å². The van der Waals surface area contributed by atoms with Crippen molar-refractivity contribution in [3.05, 3.63) is 17.2 Å². The molecule has 1 aromatic carbocycles. The first-order valence-corrected chi connectivity index (χ1v) is 6.03. The van der Waals surface area contributed by atoms with Crippen molar-refractivity contribution in [1.29, 1.82) is 0 Å². The van der Waals surface area contributed by atoms with Crippen LogP contribution in [-0.2, 0) is 14.3 Å². The Morgan fingerprint density at radius 2 is 1.62 bits per heavy atom. The maximum atomic E-state index is 11.9. The number of hydrogen-bond donors (Lipinski definition) is 0. The molecule has 7 nitrogen and oxygen atoms in total. The predicted octanol–water partition coefficient (Wildman–Crippen LogP) is 1.35. The number of esters is 2. The van der Waals surface area contributed by atoms with Gasteiger partial charge < -0.3 is 23.7 Å². The van der Waals surface area contributed by atoms with Gasteiger partial charge in [-0.15, -0.1) is 0 Å². The van der Waals surface area contributed by atoms with Crippen molar-refractivity contribution in [1.82, 2.24) is 0 Å². The third-order valence-electron chi connectivity index (χ3n) is 2.84. The number of carbonyl (C=O) groups excluding carboxylic acids is 2. The number of carbonyl (C=O) groups is 2. The van der Waals surface area contributed by atoms with Crippen LogP contribution in [0.2, 0.25) is 0 Å². The van der Waals surface area contributed by atoms with Gasteiger partial charge in [-0.25, -0.2) is 9.59 Å². The molecular formula is C14H18O7. The van der Waals surface area contributed by atoms with Crippen molar-refractivity contribution >= 4 is 11.9 Å². The molecule has 0 saturated heterocycles. The Morgan fingerprint density at radius 1 is 1.00 bits per heavy atom. The lowest BCUT2D eigenvalue weighted by atomic mass is 10.1. The largest absolute Gasteiger partial charge is 0.496 e. The molecule has 0 aliphatic rings. The molecule has 0 spiro atoms. The van der Waals surface area contributed by atoms with E-state index in [2.05, 4.69) is 4.74 Å². The summed E-state index contributed by atoms with van der Waals surface area (Å²) >= 11 is 0. The summed E-state index contributed by atoms with van der Waals surface area (Å²) in [7, 11) is 5.36. The summed E-state index contributed by atoms with van der Waals surface area (Å²) in [5, 5.41) is 0. The second-order valence-corrected chi connectivity index (χ2v) is 3.97. The number of ether oxygens (including phenoxy) is 5. The first kappa shape index (κ1) is 16.6. The molecule has 0 aromatic heterocycles. The number of benzene rings is 1. The molecular weight excluding hydrogens is 280 g/mol. The number of methoxy groups -OCH3 is 4. The van der Waals surface area contributed by atoms with Gasteiger partial charge in [0.1, 0.15) is 22.8 Å². The summed E-state index contributed by atoms with van der Waals surface area (Å²) in [5.41, 5.74) is 0.629. The average Bonchev–Trinajstić information content (AvgIpc) is 2.51. The third-order valence-corrected chi connectivity index (χ3v) is 2.84. The zero-order chi connectivity index (χ0) is 16.0. The lowest BCUT2D eigenvalue weighted by Crippen LogP contribution is -2.16. The molecule has 0 fully saturated rings. The number of rotatable bonds is 6. The maximum absolute atomic E-state index is 11.9. The van der Waals surface area contributed by atoms with Gasteiger partial charge in [0.05, 0.1) is 28.4 Å². The van der Waals surface area contributed by atoms with Crippen LogP contribution >= 0.6 is 0 Å². The average molecular weight is 298 g/mol. The van der Waals surface area contributed by atoms with Crippen LogP contribution in [0.15, 0.2) is 6.07 Å². The van der Waals surface area contributed by atoms with Gasteiger partial charge >= 0.3 is 11.9 Å². The Balaban J connectivity index is 3.39. The SMILES string of the molecule is COC(=O)COc1c(C)c(OC)cc(OC)c1C(=O)OC. The van der Waals surface area contributed by atoms with Crippen molar-refractivity contribution in [3.63, 3.8) is 0 Å². The van der Waals surface area contributed by atoms with Crippen molar-refractivity contribution in [2.24, 2.45) is 0 Å². The van der Waals surface area contributed by atoms with Crippen LogP contribution in [0.5, 0.6) is 17.2 Å². The first-order chi connectivity index (χ1) is 9.99. The molecule has 7 heteroatoms. The fourth-order valence-electron chi connectivity index (χ4n) is 1.75. The minimum absolute atomic E-state index is 0.0854. The van der Waals surface area contributed by atoms with Gasteiger partial charge in [0, 0.05) is 11.6 Å². The summed E-state index contributed by atoms with van der Waals surface area (Å²) in [6.07, 6.45) is 0. The van der Waals surface area contributed by atoms with Gasteiger partial charge in [0.15, 0.2) is 6.61 Å². The zero-order valence-electron chi connectivity index (χ0n) is 12.6. The molecule has 1 rings (SSSR count). The van der Waals surface area contributed by atoms with Gasteiger partial charge in [0.25, 0.3) is 0 Å². The van der Waals surface area contributed by atoms with E-state index in [1.807, 2.05) is 0 Å². The van der Waals surface area contributed by atoms with Crippen LogP contribution in [0.3, 0.4) is 0 Å². The van der Waals surface area contributed by atoms with Gasteiger partial charge in [0.2, 0.25) is 0 Å². The molecule has 0 amide bonds. The molecule has 0 bridgehead atoms. The lowest BCUT2D eigenvalue weighted by molar-refractivity contribution is -0.142. The van der Waals surface area contributed by atoms with Crippen LogP contribution in [0.4, 0.5) is 0 Å². The van der Waals surface area contributed by atoms with Crippen LogP contribution in [0.25, 0.3) is 0 Å². The van der Waals surface area contributed by atoms with Crippen molar-refractivity contribution in [3.8, 4) is 17.2 Å². The molecule has 0 aliphatic carbocycles. The van der Waals surface area contributed by atoms with Gasteiger partial charge in [-0.05, 0) is 6.92 Å². The van der Waals surface area contributed by atoms with E-state index in [9.17, 15) is 9.59 Å². The highest BCUT2D eigenvalue weighted by molar-refractivity contribution is 5.96. The lowest BCUT2D eigenvalue weighted by Gasteiger charge is -2.17. The molecule has 1 aromatic rings. The molecule has 0 N–H and O–H groups in total. The highest BCUT2D eigenvalue weighted by Crippen LogP contribution is 2.39. The quantitative estimate of drug-likeness (QED) is 0.733. The molecule has 0 unspecified atom stereocenters. The Labute approximate surface area is 122 Å². The monoisotopic (exact) mass is 298 g/mol. The third kappa shape index (κ3) is 3.56. The van der Waals surface area contributed by atoms with Crippen LogP contribution in [0.1, 0.15) is 15.9 Å². The standard InChI is InChI=1S/C14H18O7/c1-8-9(17-2)6-10(18-3)12(14(16)20-5)13(8)21-7-11(15)19-4/h6H,7H2,1-5H3. The molecule has 0 radical (unpaired) electrons. The first-order valence-electron chi connectivity index (χ1n) is 6.03. The van der Waals surface area contributed by atoms with E-state index < -0.39 is 11.9 Å². The normalized spacial score (nSPS) is 9.76. The van der Waals surface area contributed by atoms with Crippen LogP contribution in [-0.4, -0.2) is 47.0 Å². The minimum atomic E-state index is -0.641. The highest BCUT2D eigenvalue weighted by atomic mass is 16.6. The summed E-state index contributed by atoms with van der Waals surface area (Å²) in [6.45, 7) is 1.34.